The van der Waals surface area contributed by atoms with E-state index in [2.05, 4.69) is 10.2 Å². The molecule has 0 saturated carbocycles. The summed E-state index contributed by atoms with van der Waals surface area (Å²) in [5, 5.41) is 16.0. The number of alkyl halides is 3. The van der Waals surface area contributed by atoms with Crippen LogP contribution in [0.4, 0.5) is 13.2 Å². The molecule has 2 atom stereocenters. The molecule has 0 aromatic heterocycles. The van der Waals surface area contributed by atoms with Crippen LogP contribution in [0.25, 0.3) is 0 Å². The van der Waals surface area contributed by atoms with Gasteiger partial charge in [0.15, 0.2) is 0 Å². The lowest BCUT2D eigenvalue weighted by molar-refractivity contribution is -0.166. The Labute approximate surface area is 172 Å². The summed E-state index contributed by atoms with van der Waals surface area (Å²) in [6.45, 7) is 0.376. The van der Waals surface area contributed by atoms with Gasteiger partial charge in [0.25, 0.3) is 0 Å². The Bertz CT molecular complexity index is 1030. The van der Waals surface area contributed by atoms with Crippen LogP contribution in [0, 0.1) is 5.92 Å². The van der Waals surface area contributed by atoms with Gasteiger partial charge in [0.05, 0.1) is 4.90 Å². The maximum Gasteiger partial charge on any atom is 0.442 e. The van der Waals surface area contributed by atoms with Crippen molar-refractivity contribution in [2.24, 2.45) is 16.1 Å². The normalized spacial score (nSPS) is 24.0. The van der Waals surface area contributed by atoms with Crippen LogP contribution in [-0.4, -0.2) is 43.7 Å². The first-order valence-electron chi connectivity index (χ1n) is 9.46. The van der Waals surface area contributed by atoms with E-state index in [1.807, 2.05) is 30.3 Å². The van der Waals surface area contributed by atoms with Gasteiger partial charge in [-0.05, 0) is 30.0 Å². The highest BCUT2D eigenvalue weighted by atomic mass is 32.2. The molecule has 0 radical (unpaired) electrons. The van der Waals surface area contributed by atoms with Gasteiger partial charge in [-0.25, -0.2) is 8.42 Å². The van der Waals surface area contributed by atoms with Gasteiger partial charge >= 0.3 is 11.8 Å². The van der Waals surface area contributed by atoms with E-state index >= 15 is 0 Å². The number of sulfonamides is 1. The van der Waals surface area contributed by atoms with E-state index in [4.69, 9.17) is 0 Å². The molecule has 0 aliphatic carbocycles. The summed E-state index contributed by atoms with van der Waals surface area (Å²) in [7, 11) is -3.90. The second-order valence-electron chi connectivity index (χ2n) is 7.51. The summed E-state index contributed by atoms with van der Waals surface area (Å²) in [4.78, 5) is -0.0847. The fourth-order valence-corrected chi connectivity index (χ4v) is 5.42. The summed E-state index contributed by atoms with van der Waals surface area (Å²) in [6, 6.07) is 13.9. The van der Waals surface area contributed by atoms with Crippen LogP contribution in [0.5, 0.6) is 0 Å². The predicted octanol–water partition coefficient (Wildman–Crippen LogP) is 3.65. The standard InChI is InChI=1S/C20H20F3N3O3S/c21-20(22,23)19(24-25-19)16-6-8-17(9-7-16)30(28,29)26-11-10-15(13-27)18(12-26)14-4-2-1-3-5-14/h1-9,15,18,27H,10-13H2. The molecule has 2 aliphatic rings. The molecule has 1 N–H and O–H groups in total. The third kappa shape index (κ3) is 3.52. The maximum atomic E-state index is 13.1. The van der Waals surface area contributed by atoms with Gasteiger partial charge in [0, 0.05) is 31.2 Å². The van der Waals surface area contributed by atoms with Gasteiger partial charge in [-0.1, -0.05) is 42.5 Å². The molecule has 2 heterocycles. The summed E-state index contributed by atoms with van der Waals surface area (Å²) >= 11 is 0. The van der Waals surface area contributed by atoms with E-state index in [9.17, 15) is 26.7 Å². The fourth-order valence-electron chi connectivity index (χ4n) is 3.94. The van der Waals surface area contributed by atoms with Crippen LogP contribution in [0.2, 0.25) is 0 Å². The van der Waals surface area contributed by atoms with Crippen molar-refractivity contribution in [1.29, 1.82) is 0 Å². The smallest absolute Gasteiger partial charge is 0.396 e. The fraction of sp³-hybridized carbons (Fsp3) is 0.400. The number of hydrogen-bond donors (Lipinski definition) is 1. The summed E-state index contributed by atoms with van der Waals surface area (Å²) in [6.07, 6.45) is -4.18. The van der Waals surface area contributed by atoms with Crippen LogP contribution < -0.4 is 0 Å². The summed E-state index contributed by atoms with van der Waals surface area (Å²) < 4.78 is 67.0. The number of aliphatic hydroxyl groups excluding tert-OH is 1. The molecule has 0 bridgehead atoms. The molecule has 4 rings (SSSR count). The van der Waals surface area contributed by atoms with Crippen LogP contribution in [0.15, 0.2) is 69.7 Å². The lowest BCUT2D eigenvalue weighted by Gasteiger charge is -2.37. The van der Waals surface area contributed by atoms with Gasteiger partial charge in [0.1, 0.15) is 0 Å². The van der Waals surface area contributed by atoms with E-state index < -0.39 is 21.9 Å². The number of benzene rings is 2. The van der Waals surface area contributed by atoms with Crippen molar-refractivity contribution in [2.45, 2.75) is 29.1 Å². The quantitative estimate of drug-likeness (QED) is 0.772. The average Bonchev–Trinajstić information content (AvgIpc) is 3.56. The molecule has 160 valence electrons. The number of piperidine rings is 1. The van der Waals surface area contributed by atoms with Crippen molar-refractivity contribution < 1.29 is 26.7 Å². The lowest BCUT2D eigenvalue weighted by Crippen LogP contribution is -2.43. The molecule has 2 aromatic carbocycles. The zero-order valence-corrected chi connectivity index (χ0v) is 16.6. The molecular formula is C20H20F3N3O3S. The van der Waals surface area contributed by atoms with Crippen molar-refractivity contribution in [3.05, 3.63) is 65.7 Å². The first-order valence-corrected chi connectivity index (χ1v) is 10.9. The molecule has 2 unspecified atom stereocenters. The number of nitrogens with zero attached hydrogens (tertiary/aromatic N) is 3. The van der Waals surface area contributed by atoms with Gasteiger partial charge in [-0.15, -0.1) is 10.2 Å². The molecule has 30 heavy (non-hydrogen) atoms. The van der Waals surface area contributed by atoms with Crippen molar-refractivity contribution >= 4 is 10.0 Å². The zero-order valence-electron chi connectivity index (χ0n) is 15.8. The molecule has 1 saturated heterocycles. The van der Waals surface area contributed by atoms with Crippen LogP contribution in [-0.2, 0) is 15.7 Å². The number of rotatable bonds is 5. The lowest BCUT2D eigenvalue weighted by atomic mass is 9.82. The van der Waals surface area contributed by atoms with Crippen molar-refractivity contribution in [1.82, 2.24) is 4.31 Å². The molecule has 0 amide bonds. The molecule has 6 nitrogen and oxygen atoms in total. The number of halogens is 3. The van der Waals surface area contributed by atoms with Gasteiger partial charge in [-0.3, -0.25) is 0 Å². The van der Waals surface area contributed by atoms with E-state index in [1.165, 1.54) is 4.31 Å². The second kappa shape index (κ2) is 7.44. The first-order chi connectivity index (χ1) is 14.2. The largest absolute Gasteiger partial charge is 0.442 e. The zero-order chi connectivity index (χ0) is 21.6. The molecule has 0 spiro atoms. The molecule has 10 heteroatoms. The Hall–Kier alpha value is -2.30. The summed E-state index contributed by atoms with van der Waals surface area (Å²) in [5.74, 6) is -0.234. The van der Waals surface area contributed by atoms with Crippen LogP contribution in [0.3, 0.4) is 0 Å². The Morgan fingerprint density at radius 1 is 1.07 bits per heavy atom. The predicted molar refractivity (Wildman–Crippen MR) is 102 cm³/mol. The highest BCUT2D eigenvalue weighted by Gasteiger charge is 2.65. The Morgan fingerprint density at radius 3 is 2.23 bits per heavy atom. The topological polar surface area (TPSA) is 82.3 Å². The number of hydrogen-bond acceptors (Lipinski definition) is 5. The van der Waals surface area contributed by atoms with E-state index in [-0.39, 0.29) is 42.0 Å². The third-order valence-electron chi connectivity index (χ3n) is 5.77. The molecule has 2 aromatic rings. The van der Waals surface area contributed by atoms with Gasteiger partial charge in [0.2, 0.25) is 10.0 Å². The minimum absolute atomic E-state index is 0.0470. The highest BCUT2D eigenvalue weighted by molar-refractivity contribution is 7.89. The van der Waals surface area contributed by atoms with Gasteiger partial charge < -0.3 is 5.11 Å². The van der Waals surface area contributed by atoms with E-state index in [1.54, 1.807) is 0 Å². The molecule has 1 fully saturated rings. The van der Waals surface area contributed by atoms with E-state index in [0.717, 1.165) is 29.8 Å². The Kier molecular flexibility index (Phi) is 5.19. The number of aliphatic hydroxyl groups is 1. The SMILES string of the molecule is O=S(=O)(c1ccc(C2(C(F)(F)F)N=N2)cc1)N1CCC(CO)C(c2ccccc2)C1. The van der Waals surface area contributed by atoms with Crippen LogP contribution >= 0.6 is 0 Å². The highest BCUT2D eigenvalue weighted by Crippen LogP contribution is 2.52. The average molecular weight is 439 g/mol. The third-order valence-corrected chi connectivity index (χ3v) is 7.65. The Morgan fingerprint density at radius 2 is 1.70 bits per heavy atom. The minimum atomic E-state index is -4.66. The van der Waals surface area contributed by atoms with Crippen molar-refractivity contribution in [2.75, 3.05) is 19.7 Å². The van der Waals surface area contributed by atoms with Crippen molar-refractivity contribution in [3.63, 3.8) is 0 Å². The molecule has 2 aliphatic heterocycles. The maximum absolute atomic E-state index is 13.1. The van der Waals surface area contributed by atoms with Crippen molar-refractivity contribution in [3.8, 4) is 0 Å². The minimum Gasteiger partial charge on any atom is -0.396 e. The van der Waals surface area contributed by atoms with E-state index in [0.29, 0.717) is 6.42 Å². The Balaban J connectivity index is 1.58. The molecular weight excluding hydrogens is 419 g/mol. The monoisotopic (exact) mass is 439 g/mol. The summed E-state index contributed by atoms with van der Waals surface area (Å²) in [5.41, 5.74) is -1.85. The van der Waals surface area contributed by atoms with Gasteiger partial charge in [-0.2, -0.15) is 17.5 Å². The second-order valence-corrected chi connectivity index (χ2v) is 9.44. The van der Waals surface area contributed by atoms with Crippen LogP contribution in [0.1, 0.15) is 23.5 Å². The first kappa shape index (κ1) is 21.0.